The molecule has 0 saturated heterocycles. The molecule has 0 fully saturated rings. The van der Waals surface area contributed by atoms with E-state index in [0.717, 1.165) is 11.3 Å². The molecule has 0 radical (unpaired) electrons. The molecule has 7 heteroatoms. The van der Waals surface area contributed by atoms with Crippen LogP contribution in [-0.2, 0) is 6.54 Å². The smallest absolute Gasteiger partial charge is 0.293 e. The van der Waals surface area contributed by atoms with E-state index in [0.29, 0.717) is 18.3 Å². The highest BCUT2D eigenvalue weighted by molar-refractivity contribution is 7.98. The summed E-state index contributed by atoms with van der Waals surface area (Å²) in [7, 11) is 2.00. The predicted molar refractivity (Wildman–Crippen MR) is 80.2 cm³/mol. The minimum Gasteiger partial charge on any atom is -0.318 e. The molecule has 0 aliphatic rings. The lowest BCUT2D eigenvalue weighted by Crippen LogP contribution is -2.31. The van der Waals surface area contributed by atoms with Gasteiger partial charge in [0.1, 0.15) is 5.69 Å². The van der Waals surface area contributed by atoms with Gasteiger partial charge in [0.25, 0.3) is 5.69 Å². The van der Waals surface area contributed by atoms with Gasteiger partial charge in [-0.1, -0.05) is 12.1 Å². The van der Waals surface area contributed by atoms with Crippen LogP contribution in [0.3, 0.4) is 0 Å². The van der Waals surface area contributed by atoms with Crippen molar-refractivity contribution in [2.75, 3.05) is 24.5 Å². The van der Waals surface area contributed by atoms with Crippen LogP contribution in [0, 0.1) is 10.1 Å². The molecule has 0 aliphatic heterocycles. The number of benzene rings is 1. The minimum absolute atomic E-state index is 0.00548. The second kappa shape index (κ2) is 7.32. The van der Waals surface area contributed by atoms with Crippen molar-refractivity contribution in [3.63, 3.8) is 0 Å². The average Bonchev–Trinajstić information content (AvgIpc) is 2.38. The molecule has 0 heterocycles. The lowest BCUT2D eigenvalue weighted by Gasteiger charge is -2.24. The molecule has 0 saturated carbocycles. The molecule has 1 unspecified atom stereocenters. The topological polar surface area (TPSA) is 84.4 Å². The molecular formula is C12H20N4O2S. The Hall–Kier alpha value is -1.31. The highest BCUT2D eigenvalue weighted by Gasteiger charge is 2.18. The first-order valence-corrected chi connectivity index (χ1v) is 7.32. The fourth-order valence-corrected chi connectivity index (χ4v) is 2.57. The van der Waals surface area contributed by atoms with Gasteiger partial charge in [0.05, 0.1) is 4.92 Å². The van der Waals surface area contributed by atoms with Crippen LogP contribution in [0.4, 0.5) is 11.4 Å². The molecular weight excluding hydrogens is 264 g/mol. The second-order valence-electron chi connectivity index (χ2n) is 4.43. The van der Waals surface area contributed by atoms with Gasteiger partial charge in [-0.15, -0.1) is 0 Å². The molecule has 0 aliphatic carbocycles. The van der Waals surface area contributed by atoms with Gasteiger partial charge < -0.3 is 5.43 Å². The number of nitrogens with one attached hydrogen (secondary N) is 1. The Labute approximate surface area is 117 Å². The lowest BCUT2D eigenvalue weighted by molar-refractivity contribution is -0.384. The summed E-state index contributed by atoms with van der Waals surface area (Å²) in [5.41, 5.74) is 3.66. The number of nitro benzene ring substituents is 1. The second-order valence-corrected chi connectivity index (χ2v) is 5.34. The number of anilines is 1. The highest BCUT2D eigenvalue weighted by atomic mass is 32.2. The first kappa shape index (κ1) is 15.7. The molecule has 19 heavy (non-hydrogen) atoms. The van der Waals surface area contributed by atoms with Gasteiger partial charge in [-0.05, 0) is 25.8 Å². The summed E-state index contributed by atoms with van der Waals surface area (Å²) >= 11 is 1.78. The summed E-state index contributed by atoms with van der Waals surface area (Å²) < 4.78 is 0. The number of hydrogen-bond donors (Lipinski definition) is 2. The molecule has 1 rings (SSSR count). The first-order valence-electron chi connectivity index (χ1n) is 5.93. The fourth-order valence-electron chi connectivity index (χ4n) is 1.83. The van der Waals surface area contributed by atoms with Crippen LogP contribution in [-0.4, -0.2) is 34.9 Å². The molecule has 6 nitrogen and oxygen atoms in total. The number of thioether (sulfide) groups is 1. The number of nitrogens with two attached hydrogens (primary N) is 1. The van der Waals surface area contributed by atoms with E-state index in [9.17, 15) is 10.1 Å². The van der Waals surface area contributed by atoms with E-state index in [1.54, 1.807) is 17.8 Å². The van der Waals surface area contributed by atoms with Gasteiger partial charge in [-0.3, -0.25) is 20.9 Å². The summed E-state index contributed by atoms with van der Waals surface area (Å²) in [6.07, 6.45) is 2.06. The van der Waals surface area contributed by atoms with Gasteiger partial charge in [-0.2, -0.15) is 11.8 Å². The van der Waals surface area contributed by atoms with Gasteiger partial charge in [0, 0.05) is 24.4 Å². The zero-order valence-corrected chi connectivity index (χ0v) is 12.2. The van der Waals surface area contributed by atoms with Crippen LogP contribution < -0.4 is 11.3 Å². The quantitative estimate of drug-likeness (QED) is 0.453. The molecule has 0 spiro atoms. The molecule has 3 N–H and O–H groups in total. The number of hydrogen-bond acceptors (Lipinski definition) is 6. The predicted octanol–water partition coefficient (Wildman–Crippen LogP) is 2.06. The van der Waals surface area contributed by atoms with Crippen LogP contribution in [0.2, 0.25) is 0 Å². The van der Waals surface area contributed by atoms with Crippen LogP contribution in [0.5, 0.6) is 0 Å². The first-order chi connectivity index (χ1) is 9.01. The van der Waals surface area contributed by atoms with Crippen LogP contribution >= 0.6 is 11.8 Å². The van der Waals surface area contributed by atoms with Crippen molar-refractivity contribution in [1.29, 1.82) is 0 Å². The Morgan fingerprint density at radius 2 is 2.26 bits per heavy atom. The zero-order valence-electron chi connectivity index (χ0n) is 11.4. The largest absolute Gasteiger partial charge is 0.318 e. The van der Waals surface area contributed by atoms with Crippen LogP contribution in [0.1, 0.15) is 12.5 Å². The number of nitrogens with zero attached hydrogens (tertiary/aromatic N) is 2. The SMILES string of the molecule is CSCC(C)N(C)Cc1cccc([N+](=O)[O-])c1NN. The summed E-state index contributed by atoms with van der Waals surface area (Å²) in [5, 5.41) is 10.9. The van der Waals surface area contributed by atoms with E-state index in [1.165, 1.54) is 6.07 Å². The molecule has 1 atom stereocenters. The molecule has 0 amide bonds. The standard InChI is InChI=1S/C12H20N4O2S/c1-9(8-19-3)15(2)7-10-5-4-6-11(16(17)18)12(10)14-13/h4-6,9,14H,7-8,13H2,1-3H3. The van der Waals surface area contributed by atoms with Crippen LogP contribution in [0.25, 0.3) is 0 Å². The van der Waals surface area contributed by atoms with Crippen molar-refractivity contribution in [3.8, 4) is 0 Å². The minimum atomic E-state index is -0.427. The van der Waals surface area contributed by atoms with Crippen LogP contribution in [0.15, 0.2) is 18.2 Å². The maximum Gasteiger partial charge on any atom is 0.293 e. The van der Waals surface area contributed by atoms with Gasteiger partial charge in [0.15, 0.2) is 0 Å². The Balaban J connectivity index is 2.95. The summed E-state index contributed by atoms with van der Waals surface area (Å²) in [6, 6.07) is 5.37. The van der Waals surface area contributed by atoms with E-state index in [-0.39, 0.29) is 5.69 Å². The van der Waals surface area contributed by atoms with Crippen molar-refractivity contribution in [3.05, 3.63) is 33.9 Å². The van der Waals surface area contributed by atoms with E-state index in [2.05, 4.69) is 23.5 Å². The molecule has 1 aromatic rings. The lowest BCUT2D eigenvalue weighted by atomic mass is 10.1. The Morgan fingerprint density at radius 3 is 2.79 bits per heavy atom. The molecule has 0 aromatic heterocycles. The molecule has 106 valence electrons. The van der Waals surface area contributed by atoms with E-state index in [1.807, 2.05) is 13.1 Å². The monoisotopic (exact) mass is 284 g/mol. The number of nitro groups is 1. The highest BCUT2D eigenvalue weighted by Crippen LogP contribution is 2.28. The summed E-state index contributed by atoms with van der Waals surface area (Å²) in [5.74, 6) is 6.43. The number of para-hydroxylation sites is 1. The van der Waals surface area contributed by atoms with Crippen molar-refractivity contribution in [1.82, 2.24) is 4.90 Å². The van der Waals surface area contributed by atoms with E-state index in [4.69, 9.17) is 5.84 Å². The number of nitrogen functional groups attached to an aromatic ring is 1. The van der Waals surface area contributed by atoms with Crippen molar-refractivity contribution in [2.45, 2.75) is 19.5 Å². The summed E-state index contributed by atoms with van der Waals surface area (Å²) in [6.45, 7) is 2.74. The Kier molecular flexibility index (Phi) is 6.07. The molecule has 1 aromatic carbocycles. The van der Waals surface area contributed by atoms with Crippen molar-refractivity contribution in [2.24, 2.45) is 5.84 Å². The number of hydrazine groups is 1. The van der Waals surface area contributed by atoms with Crippen molar-refractivity contribution >= 4 is 23.1 Å². The third kappa shape index (κ3) is 4.09. The zero-order chi connectivity index (χ0) is 14.4. The maximum absolute atomic E-state index is 10.9. The summed E-state index contributed by atoms with van der Waals surface area (Å²) in [4.78, 5) is 12.7. The maximum atomic E-state index is 10.9. The van der Waals surface area contributed by atoms with Crippen molar-refractivity contribution < 1.29 is 4.92 Å². The van der Waals surface area contributed by atoms with E-state index >= 15 is 0 Å². The molecule has 0 bridgehead atoms. The third-order valence-electron chi connectivity index (χ3n) is 3.05. The van der Waals surface area contributed by atoms with Gasteiger partial charge in [-0.25, -0.2) is 0 Å². The normalized spacial score (nSPS) is 12.5. The fraction of sp³-hybridized carbons (Fsp3) is 0.500. The Morgan fingerprint density at radius 1 is 1.58 bits per heavy atom. The average molecular weight is 284 g/mol. The van der Waals surface area contributed by atoms with Gasteiger partial charge >= 0.3 is 0 Å². The third-order valence-corrected chi connectivity index (χ3v) is 3.87. The Bertz CT molecular complexity index is 442. The van der Waals surface area contributed by atoms with Gasteiger partial charge in [0.2, 0.25) is 0 Å². The number of rotatable bonds is 7. The van der Waals surface area contributed by atoms with E-state index < -0.39 is 4.92 Å².